The average Bonchev–Trinajstić information content (AvgIpc) is 2.58. The zero-order valence-electron chi connectivity index (χ0n) is 17.7. The van der Waals surface area contributed by atoms with Crippen LogP contribution in [0, 0.1) is 40.9 Å². The van der Waals surface area contributed by atoms with Crippen molar-refractivity contribution in [2.24, 2.45) is 40.9 Å². The summed E-state index contributed by atoms with van der Waals surface area (Å²) in [5.41, 5.74) is 0.404. The third-order valence-corrected chi connectivity index (χ3v) is 8.24. The Morgan fingerprint density at radius 2 is 1.08 bits per heavy atom. The Hall–Kier alpha value is -0.0800. The maximum absolute atomic E-state index is 10.5. The minimum Gasteiger partial charge on any atom is -0.393 e. The molecule has 0 aromatic rings. The van der Waals surface area contributed by atoms with Crippen molar-refractivity contribution in [3.8, 4) is 0 Å². The molecular formula is C23H44O2. The predicted octanol–water partition coefficient (Wildman–Crippen LogP) is 5.66. The lowest BCUT2D eigenvalue weighted by Crippen LogP contribution is -2.48. The largest absolute Gasteiger partial charge is 0.393 e. The molecule has 0 amide bonds. The van der Waals surface area contributed by atoms with Gasteiger partial charge in [-0.05, 0) is 79.4 Å². The molecular weight excluding hydrogens is 308 g/mol. The SMILES string of the molecule is CCCCC(CC)(C1CC(C)C(O)C(C)C1)C1CC(C)C(O)C(C)C1. The molecule has 0 aromatic carbocycles. The van der Waals surface area contributed by atoms with Gasteiger partial charge in [0.1, 0.15) is 0 Å². The van der Waals surface area contributed by atoms with E-state index in [1.54, 1.807) is 0 Å². The molecule has 0 heterocycles. The van der Waals surface area contributed by atoms with E-state index in [4.69, 9.17) is 0 Å². The van der Waals surface area contributed by atoms with Crippen molar-refractivity contribution in [1.82, 2.24) is 0 Å². The van der Waals surface area contributed by atoms with Crippen LogP contribution in [0.1, 0.15) is 92.9 Å². The Kier molecular flexibility index (Phi) is 7.42. The van der Waals surface area contributed by atoms with Gasteiger partial charge in [-0.3, -0.25) is 0 Å². The van der Waals surface area contributed by atoms with E-state index in [1.807, 2.05) is 0 Å². The van der Waals surface area contributed by atoms with Crippen LogP contribution < -0.4 is 0 Å². The van der Waals surface area contributed by atoms with Crippen LogP contribution in [-0.2, 0) is 0 Å². The quantitative estimate of drug-likeness (QED) is 0.647. The van der Waals surface area contributed by atoms with Crippen LogP contribution in [0.25, 0.3) is 0 Å². The zero-order valence-corrected chi connectivity index (χ0v) is 17.7. The molecule has 2 N–H and O–H groups in total. The summed E-state index contributed by atoms with van der Waals surface area (Å²) in [6.45, 7) is 13.7. The van der Waals surface area contributed by atoms with Gasteiger partial charge in [0.2, 0.25) is 0 Å². The van der Waals surface area contributed by atoms with Crippen LogP contribution in [-0.4, -0.2) is 22.4 Å². The molecule has 25 heavy (non-hydrogen) atoms. The average molecular weight is 353 g/mol. The van der Waals surface area contributed by atoms with E-state index in [0.717, 1.165) is 11.8 Å². The maximum atomic E-state index is 10.5. The predicted molar refractivity (Wildman–Crippen MR) is 106 cm³/mol. The number of aliphatic hydroxyl groups is 2. The van der Waals surface area contributed by atoms with E-state index < -0.39 is 0 Å². The lowest BCUT2D eigenvalue weighted by molar-refractivity contribution is -0.0886. The fourth-order valence-corrected chi connectivity index (χ4v) is 6.61. The fraction of sp³-hybridized carbons (Fsp3) is 1.00. The first-order chi connectivity index (χ1) is 11.8. The lowest BCUT2D eigenvalue weighted by Gasteiger charge is -2.54. The van der Waals surface area contributed by atoms with Crippen LogP contribution in [0.3, 0.4) is 0 Å². The number of hydrogen-bond donors (Lipinski definition) is 2. The van der Waals surface area contributed by atoms with Gasteiger partial charge >= 0.3 is 0 Å². The number of aliphatic hydroxyl groups excluding tert-OH is 2. The van der Waals surface area contributed by atoms with Gasteiger partial charge in [-0.15, -0.1) is 0 Å². The first kappa shape index (κ1) is 21.2. The molecule has 0 saturated heterocycles. The molecule has 0 aliphatic heterocycles. The lowest BCUT2D eigenvalue weighted by atomic mass is 9.52. The van der Waals surface area contributed by atoms with Gasteiger partial charge in [-0.1, -0.05) is 54.4 Å². The number of rotatable bonds is 6. The van der Waals surface area contributed by atoms with E-state index >= 15 is 0 Å². The zero-order chi connectivity index (χ0) is 18.8. The van der Waals surface area contributed by atoms with Crippen LogP contribution >= 0.6 is 0 Å². The van der Waals surface area contributed by atoms with Gasteiger partial charge < -0.3 is 10.2 Å². The monoisotopic (exact) mass is 352 g/mol. The van der Waals surface area contributed by atoms with Crippen molar-refractivity contribution in [2.75, 3.05) is 0 Å². The van der Waals surface area contributed by atoms with Crippen molar-refractivity contribution >= 4 is 0 Å². The first-order valence-corrected chi connectivity index (χ1v) is 11.1. The van der Waals surface area contributed by atoms with Crippen molar-refractivity contribution in [1.29, 1.82) is 0 Å². The molecule has 4 atom stereocenters. The number of unbranched alkanes of at least 4 members (excludes halogenated alkanes) is 1. The van der Waals surface area contributed by atoms with Crippen LogP contribution in [0.5, 0.6) is 0 Å². The second kappa shape index (κ2) is 8.74. The Labute approximate surface area is 156 Å². The summed E-state index contributed by atoms with van der Waals surface area (Å²) >= 11 is 0. The molecule has 148 valence electrons. The summed E-state index contributed by atoms with van der Waals surface area (Å²) in [7, 11) is 0. The second-order valence-corrected chi connectivity index (χ2v) is 9.92. The molecule has 2 aliphatic carbocycles. The second-order valence-electron chi connectivity index (χ2n) is 9.92. The fourth-order valence-electron chi connectivity index (χ4n) is 6.61. The minimum absolute atomic E-state index is 0.122. The van der Waals surface area contributed by atoms with Crippen LogP contribution in [0.4, 0.5) is 0 Å². The van der Waals surface area contributed by atoms with Gasteiger partial charge in [0.25, 0.3) is 0 Å². The third-order valence-electron chi connectivity index (χ3n) is 8.24. The molecule has 0 bridgehead atoms. The van der Waals surface area contributed by atoms with Gasteiger partial charge in [0, 0.05) is 0 Å². The molecule has 4 unspecified atom stereocenters. The van der Waals surface area contributed by atoms with Crippen LogP contribution in [0.15, 0.2) is 0 Å². The van der Waals surface area contributed by atoms with Crippen LogP contribution in [0.2, 0.25) is 0 Å². The molecule has 0 aromatic heterocycles. The molecule has 2 fully saturated rings. The van der Waals surface area contributed by atoms with Gasteiger partial charge in [0.05, 0.1) is 12.2 Å². The van der Waals surface area contributed by atoms with Gasteiger partial charge in [0.15, 0.2) is 0 Å². The van der Waals surface area contributed by atoms with E-state index in [0.29, 0.717) is 29.1 Å². The van der Waals surface area contributed by atoms with Crippen molar-refractivity contribution in [3.63, 3.8) is 0 Å². The van der Waals surface area contributed by atoms with Crippen molar-refractivity contribution in [3.05, 3.63) is 0 Å². The third kappa shape index (κ3) is 4.26. The smallest absolute Gasteiger partial charge is 0.0591 e. The topological polar surface area (TPSA) is 40.5 Å². The summed E-state index contributed by atoms with van der Waals surface area (Å²) in [4.78, 5) is 0. The molecule has 2 aliphatic rings. The highest BCUT2D eigenvalue weighted by atomic mass is 16.3. The molecule has 0 radical (unpaired) electrons. The van der Waals surface area contributed by atoms with Crippen molar-refractivity contribution in [2.45, 2.75) is 105 Å². The standard InChI is InChI=1S/C23H44O2/c1-7-9-10-23(8-2,19-11-15(3)21(24)16(4)12-19)20-13-17(5)22(25)18(6)14-20/h15-22,24-25H,7-14H2,1-6H3. The number of hydrogen-bond acceptors (Lipinski definition) is 2. The Morgan fingerprint density at radius 3 is 1.36 bits per heavy atom. The molecule has 2 nitrogen and oxygen atoms in total. The highest BCUT2D eigenvalue weighted by molar-refractivity contribution is 4.99. The Bertz CT molecular complexity index is 353. The summed E-state index contributed by atoms with van der Waals surface area (Å²) < 4.78 is 0. The van der Waals surface area contributed by atoms with E-state index in [2.05, 4.69) is 41.5 Å². The van der Waals surface area contributed by atoms with Gasteiger partial charge in [-0.2, -0.15) is 0 Å². The first-order valence-electron chi connectivity index (χ1n) is 11.1. The minimum atomic E-state index is -0.122. The molecule has 2 heteroatoms. The highest BCUT2D eigenvalue weighted by Crippen LogP contribution is 2.56. The summed E-state index contributed by atoms with van der Waals surface area (Å²) in [5.74, 6) is 3.15. The Morgan fingerprint density at radius 1 is 0.720 bits per heavy atom. The van der Waals surface area contributed by atoms with E-state index in [1.165, 1.54) is 51.4 Å². The summed E-state index contributed by atoms with van der Waals surface area (Å²) in [6, 6.07) is 0. The molecule has 2 rings (SSSR count). The van der Waals surface area contributed by atoms with E-state index in [-0.39, 0.29) is 12.2 Å². The summed E-state index contributed by atoms with van der Waals surface area (Å²) in [6.07, 6.45) is 9.67. The van der Waals surface area contributed by atoms with E-state index in [9.17, 15) is 10.2 Å². The summed E-state index contributed by atoms with van der Waals surface area (Å²) in [5, 5.41) is 20.9. The normalized spacial score (nSPS) is 45.1. The van der Waals surface area contributed by atoms with Gasteiger partial charge in [-0.25, -0.2) is 0 Å². The molecule has 0 spiro atoms. The van der Waals surface area contributed by atoms with Crippen molar-refractivity contribution < 1.29 is 10.2 Å². The molecule has 2 saturated carbocycles. The Balaban J connectivity index is 2.30. The maximum Gasteiger partial charge on any atom is 0.0591 e. The highest BCUT2D eigenvalue weighted by Gasteiger charge is 2.49.